The molecule has 26 heavy (non-hydrogen) atoms. The molecule has 0 bridgehead atoms. The standard InChI is InChI=1S/C21H21N3O2/c22-12-16-2-1-3-18(8-16)19-9-17(10-20(11-19)21(25)26)14-24-13-15-4-6-23-7-5-15/h1-3,8-11,14-15,23H,4-7,13H2,(H,25,26)/b24-14+. The molecule has 2 N–H and O–H groups in total. The normalized spacial score (nSPS) is 15.0. The molecule has 5 heteroatoms. The Labute approximate surface area is 153 Å². The number of piperidine rings is 1. The van der Waals surface area contributed by atoms with Crippen molar-refractivity contribution < 1.29 is 9.90 Å². The number of carboxylic acid groups (broad SMARTS) is 1. The van der Waals surface area contributed by atoms with Crippen LogP contribution in [-0.4, -0.2) is 36.9 Å². The minimum Gasteiger partial charge on any atom is -0.478 e. The van der Waals surface area contributed by atoms with Crippen molar-refractivity contribution in [3.8, 4) is 17.2 Å². The number of nitrogens with one attached hydrogen (secondary N) is 1. The van der Waals surface area contributed by atoms with Crippen molar-refractivity contribution in [1.29, 1.82) is 5.26 Å². The molecular formula is C21H21N3O2. The first-order valence-electron chi connectivity index (χ1n) is 8.75. The smallest absolute Gasteiger partial charge is 0.335 e. The van der Waals surface area contributed by atoms with Gasteiger partial charge in [-0.25, -0.2) is 4.79 Å². The van der Waals surface area contributed by atoms with Gasteiger partial charge in [-0.15, -0.1) is 0 Å². The van der Waals surface area contributed by atoms with Gasteiger partial charge in [-0.3, -0.25) is 4.99 Å². The minimum absolute atomic E-state index is 0.216. The Morgan fingerprint density at radius 3 is 2.77 bits per heavy atom. The number of nitriles is 1. The van der Waals surface area contributed by atoms with Crippen LogP contribution < -0.4 is 5.32 Å². The summed E-state index contributed by atoms with van der Waals surface area (Å²) >= 11 is 0. The molecule has 0 unspecified atom stereocenters. The fourth-order valence-electron chi connectivity index (χ4n) is 3.16. The maximum atomic E-state index is 11.5. The van der Waals surface area contributed by atoms with E-state index >= 15 is 0 Å². The number of carboxylic acids is 1. The third-order valence-corrected chi connectivity index (χ3v) is 4.59. The number of aliphatic imine (C=N–C) groups is 1. The van der Waals surface area contributed by atoms with E-state index in [-0.39, 0.29) is 5.56 Å². The molecule has 0 aliphatic carbocycles. The van der Waals surface area contributed by atoms with Gasteiger partial charge in [0.2, 0.25) is 0 Å². The van der Waals surface area contributed by atoms with Gasteiger partial charge < -0.3 is 10.4 Å². The lowest BCUT2D eigenvalue weighted by Gasteiger charge is -2.20. The molecule has 0 radical (unpaired) electrons. The Balaban J connectivity index is 1.86. The highest BCUT2D eigenvalue weighted by Gasteiger charge is 2.12. The van der Waals surface area contributed by atoms with Crippen LogP contribution in [0.25, 0.3) is 11.1 Å². The molecule has 2 aromatic carbocycles. The van der Waals surface area contributed by atoms with Crippen molar-refractivity contribution in [3.05, 3.63) is 59.2 Å². The van der Waals surface area contributed by atoms with E-state index in [0.717, 1.165) is 49.2 Å². The monoisotopic (exact) mass is 347 g/mol. The third-order valence-electron chi connectivity index (χ3n) is 4.59. The maximum absolute atomic E-state index is 11.5. The van der Waals surface area contributed by atoms with Crippen molar-refractivity contribution in [2.45, 2.75) is 12.8 Å². The quantitative estimate of drug-likeness (QED) is 0.812. The van der Waals surface area contributed by atoms with E-state index in [2.05, 4.69) is 16.4 Å². The zero-order chi connectivity index (χ0) is 18.4. The van der Waals surface area contributed by atoms with E-state index in [0.29, 0.717) is 11.5 Å². The van der Waals surface area contributed by atoms with E-state index in [1.807, 2.05) is 12.1 Å². The van der Waals surface area contributed by atoms with Crippen LogP contribution in [0, 0.1) is 17.2 Å². The van der Waals surface area contributed by atoms with Crippen molar-refractivity contribution in [2.75, 3.05) is 19.6 Å². The second-order valence-electron chi connectivity index (χ2n) is 6.53. The van der Waals surface area contributed by atoms with Crippen LogP contribution in [-0.2, 0) is 0 Å². The molecule has 1 heterocycles. The Morgan fingerprint density at radius 1 is 1.23 bits per heavy atom. The summed E-state index contributed by atoms with van der Waals surface area (Å²) in [5.41, 5.74) is 3.11. The van der Waals surface area contributed by atoms with Gasteiger partial charge in [0.05, 0.1) is 17.2 Å². The molecule has 1 aliphatic rings. The van der Waals surface area contributed by atoms with Gasteiger partial charge in [-0.1, -0.05) is 12.1 Å². The molecular weight excluding hydrogens is 326 g/mol. The van der Waals surface area contributed by atoms with Gasteiger partial charge in [-0.05, 0) is 78.9 Å². The molecule has 132 valence electrons. The summed E-state index contributed by atoms with van der Waals surface area (Å²) in [6, 6.07) is 14.4. The van der Waals surface area contributed by atoms with Crippen LogP contribution in [0.15, 0.2) is 47.5 Å². The number of carbonyl (C=O) groups is 1. The molecule has 0 atom stereocenters. The first-order chi connectivity index (χ1) is 12.7. The van der Waals surface area contributed by atoms with Crippen LogP contribution in [0.5, 0.6) is 0 Å². The second-order valence-corrected chi connectivity index (χ2v) is 6.53. The van der Waals surface area contributed by atoms with Crippen LogP contribution >= 0.6 is 0 Å². The fourth-order valence-corrected chi connectivity index (χ4v) is 3.16. The molecule has 1 fully saturated rings. The first-order valence-corrected chi connectivity index (χ1v) is 8.75. The van der Waals surface area contributed by atoms with Crippen molar-refractivity contribution >= 4 is 12.2 Å². The molecule has 2 aromatic rings. The summed E-state index contributed by atoms with van der Waals surface area (Å²) in [6.07, 6.45) is 4.00. The van der Waals surface area contributed by atoms with Crippen molar-refractivity contribution in [3.63, 3.8) is 0 Å². The molecule has 0 aromatic heterocycles. The first kappa shape index (κ1) is 17.8. The summed E-state index contributed by atoms with van der Waals surface area (Å²) in [7, 11) is 0. The minimum atomic E-state index is -0.976. The summed E-state index contributed by atoms with van der Waals surface area (Å²) in [4.78, 5) is 16.0. The van der Waals surface area contributed by atoms with Gasteiger partial charge in [0.1, 0.15) is 0 Å². The van der Waals surface area contributed by atoms with Gasteiger partial charge in [0.15, 0.2) is 0 Å². The van der Waals surface area contributed by atoms with Crippen LogP contribution in [0.2, 0.25) is 0 Å². The van der Waals surface area contributed by atoms with Crippen molar-refractivity contribution in [1.82, 2.24) is 5.32 Å². The lowest BCUT2D eigenvalue weighted by molar-refractivity contribution is 0.0697. The molecule has 1 aliphatic heterocycles. The van der Waals surface area contributed by atoms with Gasteiger partial charge in [0.25, 0.3) is 0 Å². The number of nitrogens with zero attached hydrogens (tertiary/aromatic N) is 2. The van der Waals surface area contributed by atoms with E-state index in [1.165, 1.54) is 0 Å². The Hall–Kier alpha value is -2.97. The predicted octanol–water partition coefficient (Wildman–Crippen LogP) is 3.34. The zero-order valence-corrected chi connectivity index (χ0v) is 14.5. The molecule has 5 nitrogen and oxygen atoms in total. The number of hydrogen-bond acceptors (Lipinski definition) is 4. The number of aromatic carboxylic acids is 1. The zero-order valence-electron chi connectivity index (χ0n) is 14.5. The van der Waals surface area contributed by atoms with Gasteiger partial charge >= 0.3 is 5.97 Å². The second kappa shape index (κ2) is 8.41. The highest BCUT2D eigenvalue weighted by atomic mass is 16.4. The highest BCUT2D eigenvalue weighted by Crippen LogP contribution is 2.23. The predicted molar refractivity (Wildman–Crippen MR) is 102 cm³/mol. The van der Waals surface area contributed by atoms with E-state index < -0.39 is 5.97 Å². The summed E-state index contributed by atoms with van der Waals surface area (Å²) in [6.45, 7) is 2.83. The van der Waals surface area contributed by atoms with E-state index in [9.17, 15) is 9.90 Å². The average molecular weight is 347 g/mol. The van der Waals surface area contributed by atoms with E-state index in [1.54, 1.807) is 36.5 Å². The molecule has 0 amide bonds. The maximum Gasteiger partial charge on any atom is 0.335 e. The van der Waals surface area contributed by atoms with Crippen molar-refractivity contribution in [2.24, 2.45) is 10.9 Å². The Kier molecular flexibility index (Phi) is 5.77. The number of benzene rings is 2. The molecule has 1 saturated heterocycles. The molecule has 0 saturated carbocycles. The average Bonchev–Trinajstić information content (AvgIpc) is 2.68. The summed E-state index contributed by atoms with van der Waals surface area (Å²) in [5.74, 6) is -0.391. The Morgan fingerprint density at radius 2 is 2.04 bits per heavy atom. The number of rotatable bonds is 5. The van der Waals surface area contributed by atoms with Gasteiger partial charge in [-0.2, -0.15) is 5.26 Å². The molecule has 0 spiro atoms. The van der Waals surface area contributed by atoms with Gasteiger partial charge in [0, 0.05) is 12.8 Å². The third kappa shape index (κ3) is 4.56. The largest absolute Gasteiger partial charge is 0.478 e. The molecule has 3 rings (SSSR count). The van der Waals surface area contributed by atoms with Crippen LogP contribution in [0.1, 0.15) is 34.3 Å². The summed E-state index contributed by atoms with van der Waals surface area (Å²) in [5, 5.41) is 21.8. The topological polar surface area (TPSA) is 85.5 Å². The summed E-state index contributed by atoms with van der Waals surface area (Å²) < 4.78 is 0. The SMILES string of the molecule is N#Cc1cccc(-c2cc(/C=N/CC3CCNCC3)cc(C(=O)O)c2)c1. The van der Waals surface area contributed by atoms with E-state index in [4.69, 9.17) is 5.26 Å². The lowest BCUT2D eigenvalue weighted by atomic mass is 9.98. The fraction of sp³-hybridized carbons (Fsp3) is 0.286. The van der Waals surface area contributed by atoms with Crippen LogP contribution in [0.4, 0.5) is 0 Å². The highest BCUT2D eigenvalue weighted by molar-refractivity contribution is 5.93. The lowest BCUT2D eigenvalue weighted by Crippen LogP contribution is -2.28. The number of hydrogen-bond donors (Lipinski definition) is 2. The van der Waals surface area contributed by atoms with Crippen LogP contribution in [0.3, 0.4) is 0 Å². The Bertz CT molecular complexity index is 862.